The van der Waals surface area contributed by atoms with Crippen molar-refractivity contribution in [3.8, 4) is 11.5 Å². The summed E-state index contributed by atoms with van der Waals surface area (Å²) in [6.07, 6.45) is 0.201. The molecule has 4 nitrogen and oxygen atoms in total. The Morgan fingerprint density at radius 1 is 1.17 bits per heavy atom. The summed E-state index contributed by atoms with van der Waals surface area (Å²) in [6.45, 7) is 1.91. The summed E-state index contributed by atoms with van der Waals surface area (Å²) in [5, 5.41) is 3.46. The van der Waals surface area contributed by atoms with E-state index < -0.39 is 0 Å². The molecular weight excluding hydrogens is 382 g/mol. The van der Waals surface area contributed by atoms with Gasteiger partial charge in [0.15, 0.2) is 11.5 Å². The molecule has 0 spiro atoms. The molecule has 122 valence electrons. The first kappa shape index (κ1) is 17.6. The predicted molar refractivity (Wildman–Crippen MR) is 95.8 cm³/mol. The minimum atomic E-state index is -0.136. The molecule has 0 bridgehead atoms. The zero-order valence-electron chi connectivity index (χ0n) is 13.1. The van der Waals surface area contributed by atoms with E-state index in [1.807, 2.05) is 13.0 Å². The monoisotopic (exact) mass is 397 g/mol. The molecule has 2 aromatic carbocycles. The molecule has 0 aliphatic carbocycles. The second-order valence-corrected chi connectivity index (χ2v) is 6.27. The zero-order chi connectivity index (χ0) is 17.0. The van der Waals surface area contributed by atoms with Gasteiger partial charge in [-0.3, -0.25) is 4.79 Å². The fourth-order valence-corrected chi connectivity index (χ4v) is 2.76. The second kappa shape index (κ2) is 7.70. The lowest BCUT2D eigenvalue weighted by Gasteiger charge is -2.13. The van der Waals surface area contributed by atoms with Crippen molar-refractivity contribution in [1.29, 1.82) is 0 Å². The van der Waals surface area contributed by atoms with Crippen molar-refractivity contribution in [2.24, 2.45) is 0 Å². The Bertz CT molecular complexity index is 734. The van der Waals surface area contributed by atoms with E-state index in [9.17, 15) is 4.79 Å². The van der Waals surface area contributed by atoms with E-state index >= 15 is 0 Å². The number of methoxy groups -OCH3 is 2. The molecule has 0 aliphatic rings. The summed E-state index contributed by atoms with van der Waals surface area (Å²) in [5.41, 5.74) is 2.47. The summed E-state index contributed by atoms with van der Waals surface area (Å²) in [7, 11) is 3.13. The van der Waals surface area contributed by atoms with Gasteiger partial charge < -0.3 is 14.8 Å². The van der Waals surface area contributed by atoms with Crippen molar-refractivity contribution in [2.45, 2.75) is 13.3 Å². The normalized spacial score (nSPS) is 10.3. The van der Waals surface area contributed by atoms with Crippen LogP contribution in [0.1, 0.15) is 11.1 Å². The second-order valence-electron chi connectivity index (χ2n) is 4.98. The van der Waals surface area contributed by atoms with Gasteiger partial charge in [0.05, 0.1) is 20.6 Å². The fourth-order valence-electron chi connectivity index (χ4n) is 2.13. The Morgan fingerprint density at radius 2 is 1.83 bits per heavy atom. The number of benzene rings is 2. The average molecular weight is 399 g/mol. The largest absolute Gasteiger partial charge is 0.493 e. The number of rotatable bonds is 5. The van der Waals surface area contributed by atoms with Gasteiger partial charge in [0, 0.05) is 15.2 Å². The molecule has 0 heterocycles. The van der Waals surface area contributed by atoms with Gasteiger partial charge in [-0.25, -0.2) is 0 Å². The first-order valence-corrected chi connectivity index (χ1v) is 8.08. The molecule has 0 unspecified atom stereocenters. The highest BCUT2D eigenvalue weighted by atomic mass is 79.9. The number of carbonyl (C=O) groups is 1. The third-order valence-corrected chi connectivity index (χ3v) is 4.35. The Labute approximate surface area is 148 Å². The van der Waals surface area contributed by atoms with Crippen LogP contribution in [-0.2, 0) is 11.2 Å². The van der Waals surface area contributed by atoms with Crippen molar-refractivity contribution in [3.63, 3.8) is 0 Å². The van der Waals surface area contributed by atoms with Crippen LogP contribution in [0.3, 0.4) is 0 Å². The lowest BCUT2D eigenvalue weighted by Crippen LogP contribution is -2.15. The first-order valence-electron chi connectivity index (χ1n) is 6.91. The Hall–Kier alpha value is -1.72. The maximum absolute atomic E-state index is 12.3. The van der Waals surface area contributed by atoms with Gasteiger partial charge in [0.2, 0.25) is 5.91 Å². The fraction of sp³-hybridized carbons (Fsp3) is 0.235. The topological polar surface area (TPSA) is 47.6 Å². The van der Waals surface area contributed by atoms with Crippen LogP contribution in [0.2, 0.25) is 5.02 Å². The lowest BCUT2D eigenvalue weighted by molar-refractivity contribution is -0.115. The number of amides is 1. The van der Waals surface area contributed by atoms with Crippen LogP contribution in [0.4, 0.5) is 5.69 Å². The van der Waals surface area contributed by atoms with Crippen molar-refractivity contribution in [3.05, 3.63) is 51.0 Å². The predicted octanol–water partition coefficient (Wildman–Crippen LogP) is 4.61. The molecule has 1 amide bonds. The molecule has 0 saturated carbocycles. The number of carbonyl (C=O) groups excluding carboxylic acids is 1. The van der Waals surface area contributed by atoms with E-state index in [4.69, 9.17) is 21.1 Å². The molecular formula is C17H17BrClNO3. The number of hydrogen-bond acceptors (Lipinski definition) is 3. The van der Waals surface area contributed by atoms with Crippen LogP contribution >= 0.6 is 27.5 Å². The van der Waals surface area contributed by atoms with E-state index in [2.05, 4.69) is 21.2 Å². The summed E-state index contributed by atoms with van der Waals surface area (Å²) in [4.78, 5) is 12.3. The molecule has 2 aromatic rings. The number of aryl methyl sites for hydroxylation is 1. The molecule has 2 rings (SSSR count). The number of nitrogens with one attached hydrogen (secondary N) is 1. The maximum atomic E-state index is 12.3. The minimum Gasteiger partial charge on any atom is -0.493 e. The van der Waals surface area contributed by atoms with Crippen LogP contribution in [0, 0.1) is 6.92 Å². The van der Waals surface area contributed by atoms with E-state index in [0.29, 0.717) is 22.2 Å². The highest BCUT2D eigenvalue weighted by molar-refractivity contribution is 9.10. The highest BCUT2D eigenvalue weighted by Crippen LogP contribution is 2.33. The van der Waals surface area contributed by atoms with Gasteiger partial charge in [-0.05, 0) is 42.3 Å². The molecule has 0 atom stereocenters. The summed E-state index contributed by atoms with van der Waals surface area (Å²) < 4.78 is 11.3. The van der Waals surface area contributed by atoms with Crippen LogP contribution < -0.4 is 14.8 Å². The minimum absolute atomic E-state index is 0.136. The van der Waals surface area contributed by atoms with Gasteiger partial charge in [0.25, 0.3) is 0 Å². The number of ether oxygens (including phenoxy) is 2. The van der Waals surface area contributed by atoms with Crippen LogP contribution in [-0.4, -0.2) is 20.1 Å². The number of hydrogen-bond donors (Lipinski definition) is 1. The summed E-state index contributed by atoms with van der Waals surface area (Å²) in [5.74, 6) is 1.05. The van der Waals surface area contributed by atoms with Crippen molar-refractivity contribution >= 4 is 39.1 Å². The van der Waals surface area contributed by atoms with Gasteiger partial charge in [0.1, 0.15) is 0 Å². The number of anilines is 1. The van der Waals surface area contributed by atoms with Crippen LogP contribution in [0.15, 0.2) is 34.8 Å². The summed E-state index contributed by atoms with van der Waals surface area (Å²) in [6, 6.07) is 8.96. The maximum Gasteiger partial charge on any atom is 0.228 e. The van der Waals surface area contributed by atoms with E-state index in [-0.39, 0.29) is 12.3 Å². The third-order valence-electron chi connectivity index (χ3n) is 3.38. The molecule has 0 radical (unpaired) electrons. The highest BCUT2D eigenvalue weighted by Gasteiger charge is 2.13. The van der Waals surface area contributed by atoms with E-state index in [1.54, 1.807) is 38.5 Å². The Kier molecular flexibility index (Phi) is 5.91. The summed E-state index contributed by atoms with van der Waals surface area (Å²) >= 11 is 9.42. The Morgan fingerprint density at radius 3 is 2.48 bits per heavy atom. The van der Waals surface area contributed by atoms with E-state index in [0.717, 1.165) is 15.6 Å². The van der Waals surface area contributed by atoms with Crippen LogP contribution in [0.5, 0.6) is 11.5 Å². The molecule has 0 aliphatic heterocycles. The molecule has 0 saturated heterocycles. The SMILES string of the molecule is COc1cc(Br)c(CC(=O)Nc2cc(Cl)ccc2C)cc1OC. The molecule has 0 fully saturated rings. The van der Waals surface area contributed by atoms with Gasteiger partial charge in [-0.1, -0.05) is 33.6 Å². The smallest absolute Gasteiger partial charge is 0.228 e. The third kappa shape index (κ3) is 4.39. The molecule has 0 aromatic heterocycles. The van der Waals surface area contributed by atoms with Gasteiger partial charge >= 0.3 is 0 Å². The standard InChI is InChI=1S/C17H17BrClNO3/c1-10-4-5-12(19)8-14(10)20-17(21)7-11-6-15(22-2)16(23-3)9-13(11)18/h4-6,8-9H,7H2,1-3H3,(H,20,21). The average Bonchev–Trinajstić information content (AvgIpc) is 2.52. The zero-order valence-corrected chi connectivity index (χ0v) is 15.4. The van der Waals surface area contributed by atoms with Gasteiger partial charge in [-0.15, -0.1) is 0 Å². The van der Waals surface area contributed by atoms with Crippen LogP contribution in [0.25, 0.3) is 0 Å². The molecule has 6 heteroatoms. The molecule has 1 N–H and O–H groups in total. The van der Waals surface area contributed by atoms with Crippen molar-refractivity contribution < 1.29 is 14.3 Å². The quantitative estimate of drug-likeness (QED) is 0.800. The van der Waals surface area contributed by atoms with E-state index in [1.165, 1.54) is 0 Å². The first-order chi connectivity index (χ1) is 10.9. The van der Waals surface area contributed by atoms with Crippen molar-refractivity contribution in [1.82, 2.24) is 0 Å². The number of halogens is 2. The Balaban J connectivity index is 2.18. The van der Waals surface area contributed by atoms with Crippen molar-refractivity contribution in [2.75, 3.05) is 19.5 Å². The van der Waals surface area contributed by atoms with Gasteiger partial charge in [-0.2, -0.15) is 0 Å². The molecule has 23 heavy (non-hydrogen) atoms. The lowest BCUT2D eigenvalue weighted by atomic mass is 10.1.